The van der Waals surface area contributed by atoms with Gasteiger partial charge in [0.05, 0.1) is 18.0 Å². The van der Waals surface area contributed by atoms with E-state index < -0.39 is 12.2 Å². The molecule has 2 unspecified atom stereocenters. The second-order valence-electron chi connectivity index (χ2n) is 3.89. The van der Waals surface area contributed by atoms with E-state index in [1.165, 1.54) is 6.20 Å². The van der Waals surface area contributed by atoms with Crippen molar-refractivity contribution in [1.29, 1.82) is 0 Å². The zero-order valence-corrected chi connectivity index (χ0v) is 11.1. The fraction of sp³-hybridized carbons (Fsp3) is 0.250. The molecule has 4 nitrogen and oxygen atoms in total. The van der Waals surface area contributed by atoms with Crippen LogP contribution in [-0.2, 0) is 0 Å². The lowest BCUT2D eigenvalue weighted by Crippen LogP contribution is -2.19. The number of aromatic nitrogens is 2. The molecule has 2 N–H and O–H groups in total. The average Bonchev–Trinajstić information content (AvgIpc) is 2.86. The van der Waals surface area contributed by atoms with Gasteiger partial charge in [0, 0.05) is 22.5 Å². The molecule has 0 aliphatic carbocycles. The summed E-state index contributed by atoms with van der Waals surface area (Å²) in [6.07, 6.45) is 1.27. The van der Waals surface area contributed by atoms with E-state index in [0.717, 1.165) is 5.69 Å². The van der Waals surface area contributed by atoms with Crippen LogP contribution in [0.4, 0.5) is 0 Å². The van der Waals surface area contributed by atoms with Crippen LogP contribution in [0, 0.1) is 0 Å². The third-order valence-electron chi connectivity index (χ3n) is 2.57. The van der Waals surface area contributed by atoms with Gasteiger partial charge in [0.15, 0.2) is 0 Å². The van der Waals surface area contributed by atoms with Crippen LogP contribution in [0.5, 0.6) is 0 Å². The Morgan fingerprint density at radius 3 is 2.83 bits per heavy atom. The number of hydrogen-bond donors (Lipinski definition) is 3. The standard InChI is InChI=1S/C12H13ClN2O2S/c13-9-2-1-3-10(4-9)15-6-8(5-14-15)12(17)11(16)7-18/h1-6,11-12,16-18H,7H2. The first kappa shape index (κ1) is 13.4. The minimum Gasteiger partial charge on any atom is -0.389 e. The minimum atomic E-state index is -0.990. The predicted octanol–water partition coefficient (Wildman–Crippen LogP) is 1.85. The fourth-order valence-electron chi connectivity index (χ4n) is 1.57. The van der Waals surface area contributed by atoms with Crippen LogP contribution in [0.3, 0.4) is 0 Å². The molecule has 96 valence electrons. The van der Waals surface area contributed by atoms with E-state index in [1.807, 2.05) is 12.1 Å². The fourth-order valence-corrected chi connectivity index (χ4v) is 1.96. The summed E-state index contributed by atoms with van der Waals surface area (Å²) >= 11 is 9.84. The van der Waals surface area contributed by atoms with E-state index in [-0.39, 0.29) is 5.75 Å². The molecule has 0 spiro atoms. The van der Waals surface area contributed by atoms with Crippen LogP contribution in [0.2, 0.25) is 5.02 Å². The second-order valence-corrected chi connectivity index (χ2v) is 4.69. The Bertz CT molecular complexity index is 532. The van der Waals surface area contributed by atoms with E-state index >= 15 is 0 Å². The Morgan fingerprint density at radius 1 is 1.39 bits per heavy atom. The van der Waals surface area contributed by atoms with Gasteiger partial charge in [-0.15, -0.1) is 0 Å². The lowest BCUT2D eigenvalue weighted by Gasteiger charge is -2.13. The minimum absolute atomic E-state index is 0.184. The SMILES string of the molecule is OC(CS)C(O)c1cnn(-c2cccc(Cl)c2)c1. The average molecular weight is 285 g/mol. The van der Waals surface area contributed by atoms with Crippen molar-refractivity contribution in [2.75, 3.05) is 5.75 Å². The normalized spacial score (nSPS) is 14.4. The van der Waals surface area contributed by atoms with Crippen molar-refractivity contribution in [3.63, 3.8) is 0 Å². The van der Waals surface area contributed by atoms with Gasteiger partial charge in [-0.3, -0.25) is 0 Å². The number of rotatable bonds is 4. The molecule has 0 bridgehead atoms. The quantitative estimate of drug-likeness (QED) is 0.751. The lowest BCUT2D eigenvalue weighted by atomic mass is 10.1. The van der Waals surface area contributed by atoms with Crippen molar-refractivity contribution in [3.05, 3.63) is 47.2 Å². The molecule has 1 aromatic heterocycles. The van der Waals surface area contributed by atoms with Crippen molar-refractivity contribution in [1.82, 2.24) is 9.78 Å². The highest BCUT2D eigenvalue weighted by Gasteiger charge is 2.18. The Balaban J connectivity index is 2.25. The Labute approximate surface area is 115 Å². The molecule has 0 aliphatic heterocycles. The van der Waals surface area contributed by atoms with Gasteiger partial charge in [-0.05, 0) is 18.2 Å². The van der Waals surface area contributed by atoms with Crippen molar-refractivity contribution < 1.29 is 10.2 Å². The van der Waals surface area contributed by atoms with Gasteiger partial charge in [-0.2, -0.15) is 17.7 Å². The smallest absolute Gasteiger partial charge is 0.109 e. The summed E-state index contributed by atoms with van der Waals surface area (Å²) in [5.41, 5.74) is 1.33. The van der Waals surface area contributed by atoms with Gasteiger partial charge < -0.3 is 10.2 Å². The monoisotopic (exact) mass is 284 g/mol. The molecule has 2 rings (SSSR count). The number of aliphatic hydroxyl groups is 2. The molecular weight excluding hydrogens is 272 g/mol. The van der Waals surface area contributed by atoms with Gasteiger partial charge in [-0.1, -0.05) is 17.7 Å². The molecule has 1 heterocycles. The maximum absolute atomic E-state index is 9.83. The lowest BCUT2D eigenvalue weighted by molar-refractivity contribution is 0.0337. The van der Waals surface area contributed by atoms with Gasteiger partial charge in [0.25, 0.3) is 0 Å². The molecular formula is C12H13ClN2O2S. The summed E-state index contributed by atoms with van der Waals surface area (Å²) in [5, 5.41) is 24.1. The van der Waals surface area contributed by atoms with Crippen LogP contribution in [-0.4, -0.2) is 31.9 Å². The van der Waals surface area contributed by atoms with Crippen molar-refractivity contribution in [2.45, 2.75) is 12.2 Å². The van der Waals surface area contributed by atoms with Gasteiger partial charge in [0.1, 0.15) is 6.10 Å². The summed E-state index contributed by atoms with van der Waals surface area (Å²) in [6.45, 7) is 0. The van der Waals surface area contributed by atoms with E-state index in [9.17, 15) is 10.2 Å². The van der Waals surface area contributed by atoms with Gasteiger partial charge in [0.2, 0.25) is 0 Å². The maximum atomic E-state index is 9.83. The number of aliphatic hydroxyl groups excluding tert-OH is 2. The maximum Gasteiger partial charge on any atom is 0.109 e. The summed E-state index contributed by atoms with van der Waals surface area (Å²) in [4.78, 5) is 0. The Morgan fingerprint density at radius 2 is 2.17 bits per heavy atom. The van der Waals surface area contributed by atoms with Gasteiger partial charge >= 0.3 is 0 Å². The zero-order valence-electron chi connectivity index (χ0n) is 9.44. The zero-order chi connectivity index (χ0) is 13.1. The highest BCUT2D eigenvalue weighted by molar-refractivity contribution is 7.80. The predicted molar refractivity (Wildman–Crippen MR) is 73.4 cm³/mol. The molecule has 0 aliphatic rings. The van der Waals surface area contributed by atoms with Crippen LogP contribution < -0.4 is 0 Å². The first-order valence-electron chi connectivity index (χ1n) is 5.39. The van der Waals surface area contributed by atoms with Crippen molar-refractivity contribution >= 4 is 24.2 Å². The summed E-state index contributed by atoms with van der Waals surface area (Å²) in [7, 11) is 0. The number of thiol groups is 1. The molecule has 2 atom stereocenters. The highest BCUT2D eigenvalue weighted by Crippen LogP contribution is 2.20. The molecule has 6 heteroatoms. The van der Waals surface area contributed by atoms with Crippen molar-refractivity contribution in [2.24, 2.45) is 0 Å². The molecule has 0 radical (unpaired) electrons. The number of nitrogens with zero attached hydrogens (tertiary/aromatic N) is 2. The molecule has 0 amide bonds. The number of halogens is 1. The molecule has 1 aromatic carbocycles. The topological polar surface area (TPSA) is 58.3 Å². The van der Waals surface area contributed by atoms with E-state index in [4.69, 9.17) is 11.6 Å². The largest absolute Gasteiger partial charge is 0.389 e. The molecule has 0 saturated carbocycles. The van der Waals surface area contributed by atoms with Crippen molar-refractivity contribution in [3.8, 4) is 5.69 Å². The first-order chi connectivity index (χ1) is 8.61. The highest BCUT2D eigenvalue weighted by atomic mass is 35.5. The Hall–Kier alpha value is -1.01. The molecule has 0 fully saturated rings. The molecule has 0 saturated heterocycles. The summed E-state index contributed by atoms with van der Waals surface area (Å²) < 4.78 is 1.59. The van der Waals surface area contributed by atoms with E-state index in [1.54, 1.807) is 23.0 Å². The first-order valence-corrected chi connectivity index (χ1v) is 6.40. The van der Waals surface area contributed by atoms with Crippen LogP contribution in [0.15, 0.2) is 36.7 Å². The van der Waals surface area contributed by atoms with Crippen LogP contribution in [0.1, 0.15) is 11.7 Å². The third-order valence-corrected chi connectivity index (χ3v) is 3.18. The summed E-state index contributed by atoms with van der Waals surface area (Å²) in [6, 6.07) is 7.21. The number of hydrogen-bond acceptors (Lipinski definition) is 4. The summed E-state index contributed by atoms with van der Waals surface area (Å²) in [5.74, 6) is 0.184. The van der Waals surface area contributed by atoms with E-state index in [2.05, 4.69) is 17.7 Å². The third kappa shape index (κ3) is 2.87. The van der Waals surface area contributed by atoms with E-state index in [0.29, 0.717) is 10.6 Å². The van der Waals surface area contributed by atoms with Crippen LogP contribution in [0.25, 0.3) is 5.69 Å². The number of benzene rings is 1. The molecule has 2 aromatic rings. The second kappa shape index (κ2) is 5.75. The molecule has 18 heavy (non-hydrogen) atoms. The Kier molecular flexibility index (Phi) is 4.29. The van der Waals surface area contributed by atoms with Crippen LogP contribution >= 0.6 is 24.2 Å². The van der Waals surface area contributed by atoms with Gasteiger partial charge in [-0.25, -0.2) is 4.68 Å².